The highest BCUT2D eigenvalue weighted by molar-refractivity contribution is 6.52. The van der Waals surface area contributed by atoms with Gasteiger partial charge in [-0.3, -0.25) is 0 Å². The van der Waals surface area contributed by atoms with Crippen molar-refractivity contribution in [2.45, 2.75) is 0 Å². The van der Waals surface area contributed by atoms with Gasteiger partial charge < -0.3 is 4.43 Å². The van der Waals surface area contributed by atoms with Crippen LogP contribution in [0.5, 0.6) is 0 Å². The van der Waals surface area contributed by atoms with Crippen LogP contribution in [0.4, 0.5) is 13.6 Å². The van der Waals surface area contributed by atoms with Gasteiger partial charge in [-0.15, -0.1) is 13.9 Å². The average molecular weight is 164 g/mol. The van der Waals surface area contributed by atoms with Gasteiger partial charge >= 0.3 is 9.05 Å². The maximum Gasteiger partial charge on any atom is 0.776 e. The molecule has 0 heterocycles. The summed E-state index contributed by atoms with van der Waals surface area (Å²) in [4.78, 5) is 0. The lowest BCUT2D eigenvalue weighted by Gasteiger charge is -2.09. The summed E-state index contributed by atoms with van der Waals surface area (Å²) in [6.45, 7) is 0. The highest BCUT2D eigenvalue weighted by Gasteiger charge is 2.51. The van der Waals surface area contributed by atoms with Crippen LogP contribution in [-0.4, -0.2) is 16.2 Å². The average Bonchev–Trinajstić information content (AvgIpc) is 1.95. The lowest BCUT2D eigenvalue weighted by atomic mass is 11.8. The third kappa shape index (κ3) is 1.91. The molecule has 9 heavy (non-hydrogen) atoms. The molecule has 8 heteroatoms. The Morgan fingerprint density at radius 1 is 1.00 bits per heavy atom. The Morgan fingerprint density at radius 3 is 1.33 bits per heavy atom. The minimum atomic E-state index is -4.69. The van der Waals surface area contributed by atoms with E-state index >= 15 is 0 Å². The Labute approximate surface area is 49.3 Å². The van der Waals surface area contributed by atoms with Crippen LogP contribution < -0.4 is 0 Å². The maximum absolute atomic E-state index is 11.0. The number of rotatable bonds is 4. The van der Waals surface area contributed by atoms with Crippen molar-refractivity contribution in [3.8, 4) is 0 Å². The van der Waals surface area contributed by atoms with Gasteiger partial charge in [-0.1, -0.05) is 13.6 Å². The van der Waals surface area contributed by atoms with Crippen molar-refractivity contribution < 1.29 is 31.9 Å². The SMILES string of the molecule is CO[Si](OF)(OF)OF. The summed E-state index contributed by atoms with van der Waals surface area (Å²) in [6.07, 6.45) is 0. The molecule has 0 radical (unpaired) electrons. The first-order chi connectivity index (χ1) is 4.24. The van der Waals surface area contributed by atoms with Gasteiger partial charge in [0.05, 0.1) is 0 Å². The molecule has 0 spiro atoms. The topological polar surface area (TPSA) is 36.9 Å². The third-order valence-corrected chi connectivity index (χ3v) is 1.60. The van der Waals surface area contributed by atoms with E-state index in [2.05, 4.69) is 18.3 Å². The van der Waals surface area contributed by atoms with Gasteiger partial charge in [-0.05, 0) is 0 Å². The summed E-state index contributed by atoms with van der Waals surface area (Å²) in [6, 6.07) is 0. The summed E-state index contributed by atoms with van der Waals surface area (Å²) in [5, 5.41) is 0. The number of hydrogen-bond donors (Lipinski definition) is 0. The smallest absolute Gasteiger partial charge is 0.350 e. The van der Waals surface area contributed by atoms with Crippen LogP contribution in [-0.2, 0) is 18.3 Å². The minimum absolute atomic E-state index is 0.769. The molecule has 0 aromatic carbocycles. The molecule has 0 fully saturated rings. The minimum Gasteiger partial charge on any atom is -0.350 e. The second-order valence-corrected chi connectivity index (χ2v) is 2.81. The third-order valence-electron chi connectivity index (χ3n) is 0.533. The van der Waals surface area contributed by atoms with Gasteiger partial charge in [-0.25, -0.2) is 0 Å². The largest absolute Gasteiger partial charge is 0.776 e. The molecule has 0 amide bonds. The van der Waals surface area contributed by atoms with Crippen molar-refractivity contribution >= 4 is 9.05 Å². The Kier molecular flexibility index (Phi) is 3.73. The standard InChI is InChI=1S/CH3F3O4Si/c1-5-9(6-2,7-3)8-4/h1H3. The van der Waals surface area contributed by atoms with Crippen LogP contribution in [0.15, 0.2) is 0 Å². The van der Waals surface area contributed by atoms with Gasteiger partial charge in [0.2, 0.25) is 0 Å². The fraction of sp³-hybridized carbons (Fsp3) is 1.00. The summed E-state index contributed by atoms with van der Waals surface area (Å²) in [5.74, 6) is 0. The molecule has 0 aromatic heterocycles. The van der Waals surface area contributed by atoms with Crippen molar-refractivity contribution in [2.75, 3.05) is 7.11 Å². The van der Waals surface area contributed by atoms with Crippen LogP contribution in [0, 0.1) is 0 Å². The molecule has 0 aliphatic rings. The second-order valence-electron chi connectivity index (χ2n) is 0.936. The zero-order chi connectivity index (χ0) is 7.33. The van der Waals surface area contributed by atoms with E-state index in [-0.39, 0.29) is 0 Å². The highest BCUT2D eigenvalue weighted by Crippen LogP contribution is 2.11. The van der Waals surface area contributed by atoms with Crippen molar-refractivity contribution in [1.82, 2.24) is 0 Å². The molecule has 4 nitrogen and oxygen atoms in total. The monoisotopic (exact) mass is 164 g/mol. The predicted molar refractivity (Wildman–Crippen MR) is 19.3 cm³/mol. The van der Waals surface area contributed by atoms with Crippen molar-refractivity contribution in [2.24, 2.45) is 0 Å². The predicted octanol–water partition coefficient (Wildman–Crippen LogP) is 0.772. The molecule has 0 aromatic rings. The molecule has 0 saturated heterocycles. The summed E-state index contributed by atoms with van der Waals surface area (Å²) < 4.78 is 44.6. The molecular weight excluding hydrogens is 161 g/mol. The van der Waals surface area contributed by atoms with Crippen LogP contribution >= 0.6 is 0 Å². The maximum atomic E-state index is 11.0. The Bertz CT molecular complexity index is 58.7. The number of hydrogen-bond acceptors (Lipinski definition) is 4. The van der Waals surface area contributed by atoms with E-state index in [1.807, 2.05) is 0 Å². The molecule has 0 N–H and O–H groups in total. The lowest BCUT2D eigenvalue weighted by molar-refractivity contribution is -0.250. The van der Waals surface area contributed by atoms with Crippen LogP contribution in [0.1, 0.15) is 0 Å². The zero-order valence-electron chi connectivity index (χ0n) is 4.27. The van der Waals surface area contributed by atoms with Crippen molar-refractivity contribution in [1.29, 1.82) is 0 Å². The Balaban J connectivity index is 3.82. The van der Waals surface area contributed by atoms with Gasteiger partial charge in [0, 0.05) is 7.11 Å². The summed E-state index contributed by atoms with van der Waals surface area (Å²) in [7, 11) is -3.92. The quantitative estimate of drug-likeness (QED) is 0.575. The fourth-order valence-electron chi connectivity index (χ4n) is 0.130. The molecular formula is CH3F3O4Si. The molecule has 56 valence electrons. The van der Waals surface area contributed by atoms with Crippen LogP contribution in [0.3, 0.4) is 0 Å². The molecule has 0 saturated carbocycles. The van der Waals surface area contributed by atoms with Crippen molar-refractivity contribution in [3.63, 3.8) is 0 Å². The molecule has 0 aliphatic carbocycles. The number of halogens is 3. The van der Waals surface area contributed by atoms with E-state index in [0.29, 0.717) is 0 Å². The first kappa shape index (κ1) is 8.85. The van der Waals surface area contributed by atoms with Gasteiger partial charge in [0.15, 0.2) is 0 Å². The molecule has 0 unspecified atom stereocenters. The van der Waals surface area contributed by atoms with E-state index in [1.54, 1.807) is 0 Å². The Morgan fingerprint density at radius 2 is 1.33 bits per heavy atom. The lowest BCUT2D eigenvalue weighted by Crippen LogP contribution is -2.41. The molecule has 0 aliphatic heterocycles. The van der Waals surface area contributed by atoms with Gasteiger partial charge in [-0.2, -0.15) is 0 Å². The van der Waals surface area contributed by atoms with E-state index in [0.717, 1.165) is 7.11 Å². The summed E-state index contributed by atoms with van der Waals surface area (Å²) >= 11 is 0. The van der Waals surface area contributed by atoms with E-state index in [9.17, 15) is 13.6 Å². The van der Waals surface area contributed by atoms with Crippen LogP contribution in [0.2, 0.25) is 0 Å². The van der Waals surface area contributed by atoms with Crippen molar-refractivity contribution in [3.05, 3.63) is 0 Å². The van der Waals surface area contributed by atoms with Crippen LogP contribution in [0.25, 0.3) is 0 Å². The zero-order valence-corrected chi connectivity index (χ0v) is 5.27. The second kappa shape index (κ2) is 3.79. The fourth-order valence-corrected chi connectivity index (χ4v) is 0.391. The molecule has 0 rings (SSSR count). The first-order valence-electron chi connectivity index (χ1n) is 1.69. The van der Waals surface area contributed by atoms with E-state index in [4.69, 9.17) is 0 Å². The van der Waals surface area contributed by atoms with E-state index < -0.39 is 9.05 Å². The Hall–Kier alpha value is -0.153. The van der Waals surface area contributed by atoms with E-state index in [1.165, 1.54) is 0 Å². The van der Waals surface area contributed by atoms with Gasteiger partial charge in [0.1, 0.15) is 0 Å². The molecule has 0 atom stereocenters. The molecule has 0 bridgehead atoms. The highest BCUT2D eigenvalue weighted by atomic mass is 28.4. The normalized spacial score (nSPS) is 12.0. The van der Waals surface area contributed by atoms with Gasteiger partial charge in [0.25, 0.3) is 0 Å². The first-order valence-corrected chi connectivity index (χ1v) is 3.32. The summed E-state index contributed by atoms with van der Waals surface area (Å²) in [5.41, 5.74) is 0.